The monoisotopic (exact) mass is 287 g/mol. The summed E-state index contributed by atoms with van der Waals surface area (Å²) in [6.45, 7) is 2.20. The Hall–Kier alpha value is -0.960. The molecule has 0 saturated heterocycles. The topological polar surface area (TPSA) is 60.2 Å². The van der Waals surface area contributed by atoms with Crippen LogP contribution in [0.15, 0.2) is 11.6 Å². The molecule has 4 rings (SSSR count). The van der Waals surface area contributed by atoms with Gasteiger partial charge in [0.1, 0.15) is 5.78 Å². The van der Waals surface area contributed by atoms with Gasteiger partial charge < -0.3 is 5.73 Å². The minimum atomic E-state index is -0.260. The van der Waals surface area contributed by atoms with Gasteiger partial charge in [0, 0.05) is 23.8 Å². The molecule has 0 amide bonds. The van der Waals surface area contributed by atoms with Crippen molar-refractivity contribution >= 4 is 11.6 Å². The number of carbonyl (C=O) groups excluding carboxylic acids is 2. The quantitative estimate of drug-likeness (QED) is 0.745. The van der Waals surface area contributed by atoms with Crippen molar-refractivity contribution in [1.82, 2.24) is 0 Å². The zero-order valence-corrected chi connectivity index (χ0v) is 12.9. The Morgan fingerprint density at radius 2 is 1.86 bits per heavy atom. The number of hydrogen-bond acceptors (Lipinski definition) is 3. The van der Waals surface area contributed by atoms with Crippen molar-refractivity contribution in [1.29, 1.82) is 0 Å². The highest BCUT2D eigenvalue weighted by atomic mass is 16.1. The van der Waals surface area contributed by atoms with Gasteiger partial charge in [-0.15, -0.1) is 0 Å². The van der Waals surface area contributed by atoms with E-state index in [2.05, 4.69) is 6.92 Å². The van der Waals surface area contributed by atoms with Gasteiger partial charge in [-0.05, 0) is 67.9 Å². The molecule has 0 spiro atoms. The van der Waals surface area contributed by atoms with Crippen molar-refractivity contribution in [3.05, 3.63) is 11.6 Å². The summed E-state index contributed by atoms with van der Waals surface area (Å²) in [6.07, 6.45) is 9.23. The molecule has 0 aromatic heterocycles. The number of nitrogens with two attached hydrogens (primary N) is 1. The molecule has 0 unspecified atom stereocenters. The Balaban J connectivity index is 1.70. The van der Waals surface area contributed by atoms with Crippen molar-refractivity contribution in [2.24, 2.45) is 28.9 Å². The predicted octanol–water partition coefficient (Wildman–Crippen LogP) is 2.78. The van der Waals surface area contributed by atoms with Gasteiger partial charge in [-0.2, -0.15) is 0 Å². The summed E-state index contributed by atoms with van der Waals surface area (Å²) in [5.41, 5.74) is 7.70. The number of hydrogen-bond donors (Lipinski definition) is 1. The van der Waals surface area contributed by atoms with Crippen LogP contribution in [0.3, 0.4) is 0 Å². The Kier molecular flexibility index (Phi) is 2.79. The molecule has 3 nitrogen and oxygen atoms in total. The second-order valence-electron chi connectivity index (χ2n) is 8.01. The van der Waals surface area contributed by atoms with Crippen LogP contribution in [-0.2, 0) is 9.59 Å². The molecular weight excluding hydrogens is 262 g/mol. The lowest BCUT2D eigenvalue weighted by Gasteiger charge is -2.56. The fourth-order valence-corrected chi connectivity index (χ4v) is 6.04. The molecule has 3 fully saturated rings. The van der Waals surface area contributed by atoms with Crippen molar-refractivity contribution in [2.45, 2.75) is 63.8 Å². The third-order valence-corrected chi connectivity index (χ3v) is 7.27. The molecule has 114 valence electrons. The molecule has 0 aromatic carbocycles. The van der Waals surface area contributed by atoms with Crippen LogP contribution in [0.4, 0.5) is 0 Å². The van der Waals surface area contributed by atoms with E-state index in [1.807, 2.05) is 6.08 Å². The smallest absolute Gasteiger partial charge is 0.155 e. The summed E-state index contributed by atoms with van der Waals surface area (Å²) < 4.78 is 0. The van der Waals surface area contributed by atoms with E-state index in [4.69, 9.17) is 5.73 Å². The van der Waals surface area contributed by atoms with Gasteiger partial charge in [0.2, 0.25) is 0 Å². The Morgan fingerprint density at radius 1 is 1.05 bits per heavy atom. The lowest BCUT2D eigenvalue weighted by molar-refractivity contribution is -0.131. The first-order valence-electron chi connectivity index (χ1n) is 8.51. The number of carbonyl (C=O) groups is 2. The Bertz CT molecular complexity index is 551. The van der Waals surface area contributed by atoms with Gasteiger partial charge in [-0.3, -0.25) is 9.59 Å². The first kappa shape index (κ1) is 13.7. The van der Waals surface area contributed by atoms with E-state index in [0.29, 0.717) is 30.0 Å². The fraction of sp³-hybridized carbons (Fsp3) is 0.778. The number of rotatable bonds is 0. The molecule has 0 heterocycles. The third kappa shape index (κ3) is 1.70. The molecule has 4 aliphatic rings. The molecular formula is C18H25NO2. The molecule has 2 N–H and O–H groups in total. The second-order valence-corrected chi connectivity index (χ2v) is 8.01. The van der Waals surface area contributed by atoms with Gasteiger partial charge in [-0.25, -0.2) is 0 Å². The van der Waals surface area contributed by atoms with Gasteiger partial charge in [-0.1, -0.05) is 6.92 Å². The highest BCUT2D eigenvalue weighted by Crippen LogP contribution is 2.61. The van der Waals surface area contributed by atoms with Gasteiger partial charge in [0.25, 0.3) is 0 Å². The first-order valence-corrected chi connectivity index (χ1v) is 8.51. The minimum absolute atomic E-state index is 0.0801. The second kappa shape index (κ2) is 4.28. The van der Waals surface area contributed by atoms with E-state index < -0.39 is 0 Å². The van der Waals surface area contributed by atoms with Gasteiger partial charge in [0.15, 0.2) is 5.78 Å². The van der Waals surface area contributed by atoms with Crippen molar-refractivity contribution in [3.63, 3.8) is 0 Å². The number of fused-ring (bicyclic) bond motifs is 5. The van der Waals surface area contributed by atoms with Crippen molar-refractivity contribution in [2.75, 3.05) is 0 Å². The maximum Gasteiger partial charge on any atom is 0.155 e. The lowest BCUT2D eigenvalue weighted by atomic mass is 9.50. The van der Waals surface area contributed by atoms with Crippen LogP contribution in [0, 0.1) is 23.2 Å². The molecule has 3 saturated carbocycles. The maximum absolute atomic E-state index is 12.3. The van der Waals surface area contributed by atoms with Crippen LogP contribution in [0.25, 0.3) is 0 Å². The average Bonchev–Trinajstić information content (AvgIpc) is 2.76. The van der Waals surface area contributed by atoms with Crippen LogP contribution in [0.1, 0.15) is 58.3 Å². The lowest BCUT2D eigenvalue weighted by Crippen LogP contribution is -2.60. The van der Waals surface area contributed by atoms with Crippen LogP contribution in [-0.4, -0.2) is 17.1 Å². The first-order chi connectivity index (χ1) is 9.95. The summed E-state index contributed by atoms with van der Waals surface area (Å²) in [4.78, 5) is 24.0. The zero-order chi connectivity index (χ0) is 14.8. The Morgan fingerprint density at radius 3 is 2.67 bits per heavy atom. The van der Waals surface area contributed by atoms with Crippen LogP contribution in [0.5, 0.6) is 0 Å². The minimum Gasteiger partial charge on any atom is -0.321 e. The summed E-state index contributed by atoms with van der Waals surface area (Å²) in [5.74, 6) is 2.34. The summed E-state index contributed by atoms with van der Waals surface area (Å²) in [6, 6.07) is 0. The van der Waals surface area contributed by atoms with Gasteiger partial charge in [0.05, 0.1) is 0 Å². The Labute approximate surface area is 126 Å². The van der Waals surface area contributed by atoms with Crippen LogP contribution in [0.2, 0.25) is 0 Å². The van der Waals surface area contributed by atoms with Crippen molar-refractivity contribution < 1.29 is 9.59 Å². The average molecular weight is 287 g/mol. The number of ketones is 2. The molecule has 4 aliphatic carbocycles. The van der Waals surface area contributed by atoms with Crippen molar-refractivity contribution in [3.8, 4) is 0 Å². The van der Waals surface area contributed by atoms with E-state index in [9.17, 15) is 9.59 Å². The molecule has 0 aromatic rings. The van der Waals surface area contributed by atoms with E-state index in [1.54, 1.807) is 0 Å². The molecule has 0 aliphatic heterocycles. The van der Waals surface area contributed by atoms with E-state index >= 15 is 0 Å². The zero-order valence-electron chi connectivity index (χ0n) is 12.9. The molecule has 5 atom stereocenters. The normalized spacial score (nSPS) is 49.2. The van der Waals surface area contributed by atoms with E-state index in [1.165, 1.54) is 5.57 Å². The highest BCUT2D eigenvalue weighted by Gasteiger charge is 2.59. The molecule has 21 heavy (non-hydrogen) atoms. The molecule has 0 bridgehead atoms. The summed E-state index contributed by atoms with van der Waals surface area (Å²) in [5, 5.41) is 0. The largest absolute Gasteiger partial charge is 0.321 e. The molecule has 3 heteroatoms. The number of Topliss-reactive ketones (excluding diaryl/α,β-unsaturated/α-hetero) is 1. The fourth-order valence-electron chi connectivity index (χ4n) is 6.04. The van der Waals surface area contributed by atoms with Crippen LogP contribution < -0.4 is 5.73 Å². The molecule has 0 radical (unpaired) electrons. The summed E-state index contributed by atoms with van der Waals surface area (Å²) in [7, 11) is 0. The maximum atomic E-state index is 12.3. The standard InChI is InChI=1S/C18H25NO2/c1-17-8-7-15-13(14(17)4-5-16(17)21)3-2-11-10-12(20)6-9-18(11,15)19/h10,13-15H,2-9,19H2,1H3/t13-,14-,15-,17-,18+/m0/s1. The predicted molar refractivity (Wildman–Crippen MR) is 80.5 cm³/mol. The van der Waals surface area contributed by atoms with E-state index in [-0.39, 0.29) is 16.7 Å². The summed E-state index contributed by atoms with van der Waals surface area (Å²) >= 11 is 0. The SMILES string of the molecule is C[C@]12CC[C@H]3[C@@H](CCC4=CC(=O)CC[C@@]43N)[C@@H]1CCC2=O. The van der Waals surface area contributed by atoms with E-state index in [0.717, 1.165) is 44.9 Å². The van der Waals surface area contributed by atoms with Gasteiger partial charge >= 0.3 is 0 Å². The van der Waals surface area contributed by atoms with Crippen LogP contribution >= 0.6 is 0 Å². The highest BCUT2D eigenvalue weighted by molar-refractivity contribution is 5.92. The third-order valence-electron chi connectivity index (χ3n) is 7.27.